The van der Waals surface area contributed by atoms with Crippen LogP contribution in [0.4, 0.5) is 5.69 Å². The number of rotatable bonds is 10. The van der Waals surface area contributed by atoms with Gasteiger partial charge in [0.25, 0.3) is 20.2 Å². The van der Waals surface area contributed by atoms with Crippen LogP contribution in [0.1, 0.15) is 39.2 Å². The Bertz CT molecular complexity index is 1610. The molecule has 1 aliphatic rings. The highest BCUT2D eigenvalue weighted by molar-refractivity contribution is 7.90. The minimum Gasteiger partial charge on any atom is -0.481 e. The van der Waals surface area contributed by atoms with Gasteiger partial charge >= 0.3 is 5.97 Å². The van der Waals surface area contributed by atoms with E-state index >= 15 is 0 Å². The van der Waals surface area contributed by atoms with E-state index in [4.69, 9.17) is 9.66 Å². The Kier molecular flexibility index (Phi) is 7.40. The van der Waals surface area contributed by atoms with Crippen LogP contribution in [0, 0.1) is 0 Å². The predicted molar refractivity (Wildman–Crippen MR) is 131 cm³/mol. The third-order valence-corrected chi connectivity index (χ3v) is 9.34. The van der Waals surface area contributed by atoms with Crippen LogP contribution in [0.3, 0.4) is 0 Å². The first-order valence-corrected chi connectivity index (χ1v) is 15.3. The van der Waals surface area contributed by atoms with Crippen molar-refractivity contribution in [3.05, 3.63) is 29.8 Å². The molecule has 0 saturated heterocycles. The number of nitrogens with zero attached hydrogens (tertiary/aromatic N) is 1. The minimum atomic E-state index is -4.84. The van der Waals surface area contributed by atoms with Crippen molar-refractivity contribution in [2.24, 2.45) is 0 Å². The molecule has 0 aromatic heterocycles. The molecule has 0 fully saturated rings. The van der Waals surface area contributed by atoms with E-state index in [0.29, 0.717) is 24.2 Å². The lowest BCUT2D eigenvalue weighted by Crippen LogP contribution is -2.29. The van der Waals surface area contributed by atoms with E-state index in [2.05, 4.69) is 0 Å². The smallest absolute Gasteiger partial charge is 0.303 e. The van der Waals surface area contributed by atoms with Gasteiger partial charge in [-0.15, -0.1) is 0 Å². The van der Waals surface area contributed by atoms with E-state index in [1.807, 2.05) is 30.1 Å². The normalized spacial score (nSPS) is 15.9. The average molecular weight is 564 g/mol. The van der Waals surface area contributed by atoms with Crippen molar-refractivity contribution in [1.82, 2.24) is 4.72 Å². The van der Waals surface area contributed by atoms with Gasteiger partial charge < -0.3 is 5.11 Å². The fourth-order valence-electron chi connectivity index (χ4n) is 4.38. The molecule has 0 saturated carbocycles. The summed E-state index contributed by atoms with van der Waals surface area (Å²) in [6.07, 6.45) is 0.278. The SMILES string of the molecule is CC1=[N+](CCCC(=O)O)c2ccc3c(S(=O)(=O)NCCS(=O)(=O)O)cc(S(=O)(=O)O)cc3c2C1(C)C. The number of carboxylic acid groups (broad SMARTS) is 1. The monoisotopic (exact) mass is 563 g/mol. The minimum absolute atomic E-state index is 0.0579. The Morgan fingerprint density at radius 1 is 1.03 bits per heavy atom. The molecule has 0 unspecified atom stereocenters. The summed E-state index contributed by atoms with van der Waals surface area (Å²) in [4.78, 5) is 9.81. The lowest BCUT2D eigenvalue weighted by atomic mass is 9.80. The number of benzene rings is 2. The highest BCUT2D eigenvalue weighted by Gasteiger charge is 2.44. The Labute approximate surface area is 209 Å². The largest absolute Gasteiger partial charge is 0.481 e. The maximum atomic E-state index is 13.1. The van der Waals surface area contributed by atoms with Gasteiger partial charge in [0.1, 0.15) is 6.54 Å². The number of carbonyl (C=O) groups is 1. The molecular formula is C21H27N2O10S3+. The Balaban J connectivity index is 2.26. The van der Waals surface area contributed by atoms with Crippen LogP contribution >= 0.6 is 0 Å². The summed E-state index contributed by atoms with van der Waals surface area (Å²) >= 11 is 0. The van der Waals surface area contributed by atoms with Crippen molar-refractivity contribution in [3.8, 4) is 0 Å². The van der Waals surface area contributed by atoms with E-state index < -0.39 is 63.7 Å². The van der Waals surface area contributed by atoms with Gasteiger partial charge in [0.05, 0.1) is 27.4 Å². The zero-order valence-electron chi connectivity index (χ0n) is 19.7. The number of hydrogen-bond donors (Lipinski definition) is 4. The topological polar surface area (TPSA) is 195 Å². The van der Waals surface area contributed by atoms with E-state index in [1.165, 1.54) is 12.1 Å². The first-order chi connectivity index (χ1) is 16.4. The van der Waals surface area contributed by atoms with Crippen LogP contribution in [0.2, 0.25) is 0 Å². The molecule has 0 amide bonds. The maximum Gasteiger partial charge on any atom is 0.303 e. The Morgan fingerprint density at radius 2 is 1.67 bits per heavy atom. The molecular weight excluding hydrogens is 536 g/mol. The summed E-state index contributed by atoms with van der Waals surface area (Å²) in [7, 11) is -13.8. The van der Waals surface area contributed by atoms with Crippen molar-refractivity contribution in [3.63, 3.8) is 0 Å². The second-order valence-corrected chi connectivity index (χ2v) is 13.7. The predicted octanol–water partition coefficient (Wildman–Crippen LogP) is 1.51. The summed E-state index contributed by atoms with van der Waals surface area (Å²) in [6, 6.07) is 5.08. The van der Waals surface area contributed by atoms with Crippen molar-refractivity contribution >= 4 is 58.4 Å². The van der Waals surface area contributed by atoms with Gasteiger partial charge in [-0.05, 0) is 37.4 Å². The molecule has 0 bridgehead atoms. The Morgan fingerprint density at radius 3 is 2.22 bits per heavy atom. The van der Waals surface area contributed by atoms with Crippen molar-refractivity contribution in [2.45, 2.75) is 48.8 Å². The van der Waals surface area contributed by atoms with Crippen molar-refractivity contribution in [2.75, 3.05) is 18.8 Å². The van der Waals surface area contributed by atoms with Crippen LogP contribution in [0.25, 0.3) is 10.8 Å². The number of sulfonamides is 1. The van der Waals surface area contributed by atoms with E-state index in [9.17, 15) is 34.6 Å². The Hall–Kier alpha value is -2.43. The van der Waals surface area contributed by atoms with Gasteiger partial charge in [-0.1, -0.05) is 0 Å². The average Bonchev–Trinajstić information content (AvgIpc) is 2.91. The summed E-state index contributed by atoms with van der Waals surface area (Å²) < 4.78 is 94.8. The van der Waals surface area contributed by atoms with Crippen LogP contribution in [0.5, 0.6) is 0 Å². The molecule has 3 rings (SSSR count). The summed E-state index contributed by atoms with van der Waals surface area (Å²) in [5, 5.41) is 9.37. The molecule has 1 heterocycles. The molecule has 12 nitrogen and oxygen atoms in total. The summed E-state index contributed by atoms with van der Waals surface area (Å²) in [5.41, 5.74) is 1.36. The molecule has 2 aromatic rings. The molecule has 198 valence electrons. The summed E-state index contributed by atoms with van der Waals surface area (Å²) in [6.45, 7) is 5.25. The third-order valence-electron chi connectivity index (χ3n) is 6.29. The lowest BCUT2D eigenvalue weighted by Gasteiger charge is -2.19. The second-order valence-electron chi connectivity index (χ2n) is 8.99. The summed E-state index contributed by atoms with van der Waals surface area (Å²) in [5.74, 6) is -1.84. The molecule has 0 radical (unpaired) electrons. The van der Waals surface area contributed by atoms with Crippen LogP contribution < -0.4 is 4.72 Å². The molecule has 2 aromatic carbocycles. The number of nitrogens with one attached hydrogen (secondary N) is 1. The zero-order valence-corrected chi connectivity index (χ0v) is 22.2. The quantitative estimate of drug-likeness (QED) is 0.243. The lowest BCUT2D eigenvalue weighted by molar-refractivity contribution is -0.439. The number of hydrogen-bond acceptors (Lipinski definition) is 7. The zero-order chi connectivity index (χ0) is 27.3. The highest BCUT2D eigenvalue weighted by atomic mass is 32.2. The highest BCUT2D eigenvalue weighted by Crippen LogP contribution is 2.45. The second kappa shape index (κ2) is 9.46. The van der Waals surface area contributed by atoms with E-state index in [-0.39, 0.29) is 17.2 Å². The third kappa shape index (κ3) is 5.60. The first-order valence-electron chi connectivity index (χ1n) is 10.7. The fourth-order valence-corrected chi connectivity index (χ4v) is 6.75. The van der Waals surface area contributed by atoms with E-state index in [0.717, 1.165) is 11.8 Å². The number of aliphatic carboxylic acids is 1. The molecule has 0 aliphatic carbocycles. The molecule has 1 aliphatic heterocycles. The van der Waals surface area contributed by atoms with Crippen LogP contribution in [0.15, 0.2) is 34.1 Å². The number of fused-ring (bicyclic) bond motifs is 3. The van der Waals surface area contributed by atoms with Gasteiger partial charge in [0, 0.05) is 36.9 Å². The van der Waals surface area contributed by atoms with Gasteiger partial charge in [0.2, 0.25) is 15.7 Å². The van der Waals surface area contributed by atoms with Gasteiger partial charge in [-0.3, -0.25) is 13.9 Å². The van der Waals surface area contributed by atoms with Crippen molar-refractivity contribution in [1.29, 1.82) is 0 Å². The molecule has 0 spiro atoms. The molecule has 4 N–H and O–H groups in total. The molecule has 36 heavy (non-hydrogen) atoms. The van der Waals surface area contributed by atoms with Gasteiger partial charge in [0.15, 0.2) is 5.71 Å². The van der Waals surface area contributed by atoms with Crippen LogP contribution in [-0.2, 0) is 40.5 Å². The maximum absolute atomic E-state index is 13.1. The fraction of sp³-hybridized carbons (Fsp3) is 0.429. The van der Waals surface area contributed by atoms with Gasteiger partial charge in [-0.25, -0.2) is 13.1 Å². The van der Waals surface area contributed by atoms with E-state index in [1.54, 1.807) is 6.07 Å². The van der Waals surface area contributed by atoms with Crippen LogP contribution in [-0.4, -0.2) is 74.6 Å². The molecule has 0 atom stereocenters. The standard InChI is InChI=1S/C21H26N2O10S3/c1-13-21(2,3)20-16-11-14(36(31,32)33)12-18(35(29,30)22-8-10-34(26,27)28)15(16)6-7-17(20)23(13)9-4-5-19(24)25/h6-7,11-12,22H,4-5,8-10H2,1-3H3,(H2-,24,25,26,27,28,31,32,33)/p+1. The number of carboxylic acids is 1. The van der Waals surface area contributed by atoms with Gasteiger partial charge in [-0.2, -0.15) is 21.4 Å². The van der Waals surface area contributed by atoms with Crippen molar-refractivity contribution < 1.29 is 48.8 Å². The molecule has 15 heteroatoms. The first kappa shape index (κ1) is 28.1.